The minimum atomic E-state index is -0.0878. The van der Waals surface area contributed by atoms with Crippen molar-refractivity contribution in [3.63, 3.8) is 0 Å². The molecule has 0 atom stereocenters. The number of benzene rings is 2. The van der Waals surface area contributed by atoms with Gasteiger partial charge in [0.15, 0.2) is 5.78 Å². The van der Waals surface area contributed by atoms with Gasteiger partial charge in [-0.1, -0.05) is 17.7 Å². The molecule has 1 amide bonds. The maximum absolute atomic E-state index is 11.8. The summed E-state index contributed by atoms with van der Waals surface area (Å²) in [5, 5.41) is 6.51. The number of carbonyl (C=O) groups excluding carboxylic acids is 2. The van der Waals surface area contributed by atoms with Crippen molar-refractivity contribution >= 4 is 34.7 Å². The van der Waals surface area contributed by atoms with E-state index >= 15 is 0 Å². The molecule has 0 aliphatic rings. The molecule has 0 spiro atoms. The molecule has 2 rings (SSSR count). The van der Waals surface area contributed by atoms with Crippen molar-refractivity contribution in [2.75, 3.05) is 17.2 Å². The van der Waals surface area contributed by atoms with Crippen LogP contribution < -0.4 is 10.6 Å². The van der Waals surface area contributed by atoms with E-state index in [1.807, 2.05) is 12.1 Å². The predicted octanol–water partition coefficient (Wildman–Crippen LogP) is 3.98. The molecule has 2 N–H and O–H groups in total. The molecule has 0 aliphatic carbocycles. The van der Waals surface area contributed by atoms with Crippen molar-refractivity contribution in [2.45, 2.75) is 13.3 Å². The maximum atomic E-state index is 11.8. The zero-order valence-corrected chi connectivity index (χ0v) is 13.0. The second kappa shape index (κ2) is 7.61. The minimum Gasteiger partial charge on any atom is -0.385 e. The largest absolute Gasteiger partial charge is 0.385 e. The standard InChI is InChI=1S/C17H17ClN2O2/c1-12(21)13-5-7-15(8-6-13)19-10-9-17(22)20-16-4-2-3-14(18)11-16/h2-8,11,19H,9-10H2,1H3,(H,20,22). The van der Waals surface area contributed by atoms with E-state index in [1.54, 1.807) is 36.4 Å². The van der Waals surface area contributed by atoms with Crippen LogP contribution in [0.2, 0.25) is 5.02 Å². The summed E-state index contributed by atoms with van der Waals surface area (Å²) in [4.78, 5) is 23.0. The lowest BCUT2D eigenvalue weighted by Crippen LogP contribution is -2.16. The number of halogens is 1. The molecular weight excluding hydrogens is 300 g/mol. The topological polar surface area (TPSA) is 58.2 Å². The summed E-state index contributed by atoms with van der Waals surface area (Å²) < 4.78 is 0. The van der Waals surface area contributed by atoms with E-state index in [4.69, 9.17) is 11.6 Å². The Morgan fingerprint density at radius 3 is 2.41 bits per heavy atom. The van der Waals surface area contributed by atoms with E-state index in [1.165, 1.54) is 6.92 Å². The van der Waals surface area contributed by atoms with Gasteiger partial charge in [-0.3, -0.25) is 9.59 Å². The smallest absolute Gasteiger partial charge is 0.226 e. The van der Waals surface area contributed by atoms with E-state index < -0.39 is 0 Å². The van der Waals surface area contributed by atoms with Crippen LogP contribution in [0.15, 0.2) is 48.5 Å². The first-order valence-corrected chi connectivity index (χ1v) is 7.33. The van der Waals surface area contributed by atoms with Crippen LogP contribution in [0.1, 0.15) is 23.7 Å². The van der Waals surface area contributed by atoms with Gasteiger partial charge in [0.2, 0.25) is 5.91 Å². The molecule has 0 fully saturated rings. The van der Waals surface area contributed by atoms with Crippen molar-refractivity contribution in [1.29, 1.82) is 0 Å². The number of anilines is 2. The molecule has 0 bridgehead atoms. The van der Waals surface area contributed by atoms with Crippen molar-refractivity contribution in [3.05, 3.63) is 59.1 Å². The number of ketones is 1. The van der Waals surface area contributed by atoms with Crippen molar-refractivity contribution in [3.8, 4) is 0 Å². The van der Waals surface area contributed by atoms with Crippen LogP contribution in [-0.2, 0) is 4.79 Å². The highest BCUT2D eigenvalue weighted by Gasteiger charge is 2.03. The Bertz CT molecular complexity index is 669. The summed E-state index contributed by atoms with van der Waals surface area (Å²) in [6, 6.07) is 14.2. The lowest BCUT2D eigenvalue weighted by Gasteiger charge is -2.08. The van der Waals surface area contributed by atoms with Gasteiger partial charge in [-0.2, -0.15) is 0 Å². The Balaban J connectivity index is 1.78. The molecule has 2 aromatic carbocycles. The van der Waals surface area contributed by atoms with Gasteiger partial charge < -0.3 is 10.6 Å². The van der Waals surface area contributed by atoms with Crippen molar-refractivity contribution < 1.29 is 9.59 Å². The lowest BCUT2D eigenvalue weighted by atomic mass is 10.1. The molecule has 0 heterocycles. The third kappa shape index (κ3) is 4.90. The molecule has 4 nitrogen and oxygen atoms in total. The molecule has 5 heteroatoms. The SMILES string of the molecule is CC(=O)c1ccc(NCCC(=O)Nc2cccc(Cl)c2)cc1. The van der Waals surface area contributed by atoms with E-state index in [9.17, 15) is 9.59 Å². The van der Waals surface area contributed by atoms with E-state index in [2.05, 4.69) is 10.6 Å². The van der Waals surface area contributed by atoms with Gasteiger partial charge >= 0.3 is 0 Å². The molecule has 0 unspecified atom stereocenters. The van der Waals surface area contributed by atoms with E-state index in [0.29, 0.717) is 29.2 Å². The summed E-state index contributed by atoms with van der Waals surface area (Å²) in [6.45, 7) is 2.04. The second-order valence-corrected chi connectivity index (χ2v) is 5.31. The van der Waals surface area contributed by atoms with Crippen molar-refractivity contribution in [2.24, 2.45) is 0 Å². The highest BCUT2D eigenvalue weighted by atomic mass is 35.5. The van der Waals surface area contributed by atoms with Crippen LogP contribution in [0.4, 0.5) is 11.4 Å². The summed E-state index contributed by atoms with van der Waals surface area (Å²) in [6.07, 6.45) is 0.334. The maximum Gasteiger partial charge on any atom is 0.226 e. The second-order valence-electron chi connectivity index (χ2n) is 4.87. The quantitative estimate of drug-likeness (QED) is 0.792. The van der Waals surface area contributed by atoms with E-state index in [0.717, 1.165) is 5.69 Å². The van der Waals surface area contributed by atoms with Gasteiger partial charge in [-0.05, 0) is 49.4 Å². The number of nitrogens with one attached hydrogen (secondary N) is 2. The first kappa shape index (κ1) is 16.0. The Kier molecular flexibility index (Phi) is 5.55. The normalized spacial score (nSPS) is 10.1. The molecule has 22 heavy (non-hydrogen) atoms. The van der Waals surface area contributed by atoms with Crippen LogP contribution in [0, 0.1) is 0 Å². The van der Waals surface area contributed by atoms with Crippen LogP contribution in [0.3, 0.4) is 0 Å². The summed E-state index contributed by atoms with van der Waals surface area (Å²) in [5.74, 6) is -0.0532. The number of amides is 1. The summed E-state index contributed by atoms with van der Waals surface area (Å²) in [7, 11) is 0. The average molecular weight is 317 g/mol. The molecule has 114 valence electrons. The molecular formula is C17H17ClN2O2. The summed E-state index contributed by atoms with van der Waals surface area (Å²) in [5.41, 5.74) is 2.23. The van der Waals surface area contributed by atoms with Crippen LogP contribution in [0.5, 0.6) is 0 Å². The fraction of sp³-hybridized carbons (Fsp3) is 0.176. The predicted molar refractivity (Wildman–Crippen MR) is 89.6 cm³/mol. The third-order valence-electron chi connectivity index (χ3n) is 3.08. The number of hydrogen-bond donors (Lipinski definition) is 2. The van der Waals surface area contributed by atoms with Gasteiger partial charge in [-0.15, -0.1) is 0 Å². The highest BCUT2D eigenvalue weighted by molar-refractivity contribution is 6.30. The van der Waals surface area contributed by atoms with Gasteiger partial charge in [-0.25, -0.2) is 0 Å². The molecule has 0 saturated heterocycles. The number of Topliss-reactive ketones (excluding diaryl/α,β-unsaturated/α-hetero) is 1. The van der Waals surface area contributed by atoms with Crippen molar-refractivity contribution in [1.82, 2.24) is 0 Å². The van der Waals surface area contributed by atoms with Gasteiger partial charge in [0.1, 0.15) is 0 Å². The molecule has 0 aliphatic heterocycles. The molecule has 0 aromatic heterocycles. The third-order valence-corrected chi connectivity index (χ3v) is 3.32. The van der Waals surface area contributed by atoms with Crippen LogP contribution in [-0.4, -0.2) is 18.2 Å². The van der Waals surface area contributed by atoms with Gasteiger partial charge in [0.05, 0.1) is 0 Å². The highest BCUT2D eigenvalue weighted by Crippen LogP contribution is 2.15. The molecule has 0 saturated carbocycles. The average Bonchev–Trinajstić information content (AvgIpc) is 2.47. The number of carbonyl (C=O) groups is 2. The Morgan fingerprint density at radius 1 is 1.05 bits per heavy atom. The fourth-order valence-corrected chi connectivity index (χ4v) is 2.12. The monoisotopic (exact) mass is 316 g/mol. The first-order valence-electron chi connectivity index (χ1n) is 6.95. The van der Waals surface area contributed by atoms with E-state index in [-0.39, 0.29) is 11.7 Å². The zero-order chi connectivity index (χ0) is 15.9. The van der Waals surface area contributed by atoms with Crippen LogP contribution >= 0.6 is 11.6 Å². The summed E-state index contributed by atoms with van der Waals surface area (Å²) >= 11 is 5.86. The Morgan fingerprint density at radius 2 is 1.77 bits per heavy atom. The molecule has 0 radical (unpaired) electrons. The van der Waals surface area contributed by atoms with Gasteiger partial charge in [0, 0.05) is 34.9 Å². The first-order chi connectivity index (χ1) is 10.5. The zero-order valence-electron chi connectivity index (χ0n) is 12.2. The number of hydrogen-bond acceptors (Lipinski definition) is 3. The Labute approximate surface area is 134 Å². The van der Waals surface area contributed by atoms with Crippen LogP contribution in [0.25, 0.3) is 0 Å². The minimum absolute atomic E-state index is 0.0347. The lowest BCUT2D eigenvalue weighted by molar-refractivity contribution is -0.115. The Hall–Kier alpha value is -2.33. The van der Waals surface area contributed by atoms with Gasteiger partial charge in [0.25, 0.3) is 0 Å². The number of rotatable bonds is 6. The molecule has 2 aromatic rings. The fourth-order valence-electron chi connectivity index (χ4n) is 1.93.